The third-order valence-corrected chi connectivity index (χ3v) is 4.52. The Bertz CT molecular complexity index is 218. The van der Waals surface area contributed by atoms with Crippen LogP contribution in [0.25, 0.3) is 0 Å². The molecule has 0 aliphatic carbocycles. The number of unbranched alkanes of at least 4 members (excludes halogenated alkanes) is 12. The molecule has 0 aromatic carbocycles. The monoisotopic (exact) mass is 365 g/mol. The standard InChI is InChI=1S/C18H37ClO2.C2H7N/c1-2-3-4-5-6-7-8-9-10-11-12-13-14-15-17(20)18(21)16-19;1-3-2/h17-18,20-21H,2-16H2,1H3;3H,1-2H3. The molecule has 2 unspecified atom stereocenters. The Morgan fingerprint density at radius 1 is 0.667 bits per heavy atom. The number of rotatable bonds is 16. The number of halogens is 1. The second-order valence-corrected chi connectivity index (χ2v) is 7.13. The number of hydrogen-bond donors (Lipinski definition) is 3. The van der Waals surface area contributed by atoms with Crippen molar-refractivity contribution in [3.63, 3.8) is 0 Å². The van der Waals surface area contributed by atoms with Crippen LogP contribution in [0.1, 0.15) is 96.8 Å². The lowest BCUT2D eigenvalue weighted by molar-refractivity contribution is 0.0267. The first kappa shape index (κ1) is 26.4. The van der Waals surface area contributed by atoms with Crippen molar-refractivity contribution in [2.75, 3.05) is 20.0 Å². The number of nitrogens with one attached hydrogen (secondary N) is 1. The van der Waals surface area contributed by atoms with E-state index in [1.165, 1.54) is 70.6 Å². The van der Waals surface area contributed by atoms with Crippen molar-refractivity contribution in [2.24, 2.45) is 0 Å². The molecule has 0 aromatic rings. The number of aliphatic hydroxyl groups is 2. The topological polar surface area (TPSA) is 52.5 Å². The zero-order chi connectivity index (χ0) is 18.5. The maximum Gasteiger partial charge on any atom is 0.0933 e. The Hall–Kier alpha value is 0.170. The van der Waals surface area contributed by atoms with Gasteiger partial charge in [-0.15, -0.1) is 11.6 Å². The van der Waals surface area contributed by atoms with Gasteiger partial charge in [-0.25, -0.2) is 0 Å². The van der Waals surface area contributed by atoms with Gasteiger partial charge in [0.05, 0.1) is 18.1 Å². The zero-order valence-electron chi connectivity index (χ0n) is 16.5. The molecular weight excluding hydrogens is 322 g/mol. The van der Waals surface area contributed by atoms with Gasteiger partial charge in [0.2, 0.25) is 0 Å². The molecule has 0 spiro atoms. The van der Waals surface area contributed by atoms with Gasteiger partial charge in [-0.1, -0.05) is 90.4 Å². The highest BCUT2D eigenvalue weighted by atomic mass is 35.5. The summed E-state index contributed by atoms with van der Waals surface area (Å²) >= 11 is 5.50. The minimum absolute atomic E-state index is 0.125. The van der Waals surface area contributed by atoms with Crippen LogP contribution in [-0.2, 0) is 0 Å². The van der Waals surface area contributed by atoms with Crippen LogP contribution in [0.3, 0.4) is 0 Å². The Morgan fingerprint density at radius 2 is 1.00 bits per heavy atom. The summed E-state index contributed by atoms with van der Waals surface area (Å²) < 4.78 is 0. The Morgan fingerprint density at radius 3 is 1.33 bits per heavy atom. The van der Waals surface area contributed by atoms with E-state index in [0.717, 1.165) is 12.8 Å². The maximum atomic E-state index is 9.56. The average molecular weight is 366 g/mol. The summed E-state index contributed by atoms with van der Waals surface area (Å²) in [6.07, 6.45) is 16.5. The molecular formula is C20H44ClNO2. The summed E-state index contributed by atoms with van der Waals surface area (Å²) in [7, 11) is 3.75. The van der Waals surface area contributed by atoms with E-state index in [9.17, 15) is 10.2 Å². The van der Waals surface area contributed by atoms with Crippen LogP contribution in [0.2, 0.25) is 0 Å². The van der Waals surface area contributed by atoms with E-state index >= 15 is 0 Å². The molecule has 0 bridgehead atoms. The van der Waals surface area contributed by atoms with Crippen molar-refractivity contribution in [2.45, 2.75) is 109 Å². The van der Waals surface area contributed by atoms with Gasteiger partial charge in [-0.3, -0.25) is 0 Å². The Kier molecular flexibility index (Phi) is 25.5. The molecule has 0 fully saturated rings. The fourth-order valence-electron chi connectivity index (χ4n) is 2.67. The lowest BCUT2D eigenvalue weighted by atomic mass is 10.0. The lowest BCUT2D eigenvalue weighted by Gasteiger charge is -2.14. The summed E-state index contributed by atoms with van der Waals surface area (Å²) in [4.78, 5) is 0. The molecule has 0 aliphatic heterocycles. The number of aliphatic hydroxyl groups excluding tert-OH is 2. The third-order valence-electron chi connectivity index (χ3n) is 4.21. The summed E-state index contributed by atoms with van der Waals surface area (Å²) in [5, 5.41) is 21.6. The summed E-state index contributed by atoms with van der Waals surface area (Å²) in [6, 6.07) is 0. The van der Waals surface area contributed by atoms with Crippen LogP contribution in [0.4, 0.5) is 0 Å². The van der Waals surface area contributed by atoms with Gasteiger partial charge in [0.1, 0.15) is 0 Å². The molecule has 3 nitrogen and oxygen atoms in total. The van der Waals surface area contributed by atoms with Gasteiger partial charge >= 0.3 is 0 Å². The summed E-state index contributed by atoms with van der Waals surface area (Å²) in [5.41, 5.74) is 0. The van der Waals surface area contributed by atoms with Gasteiger partial charge < -0.3 is 15.5 Å². The quantitative estimate of drug-likeness (QED) is 0.258. The average Bonchev–Trinajstić information content (AvgIpc) is 2.58. The van der Waals surface area contributed by atoms with Crippen molar-refractivity contribution in [3.8, 4) is 0 Å². The summed E-state index contributed by atoms with van der Waals surface area (Å²) in [6.45, 7) is 2.26. The third kappa shape index (κ3) is 22.2. The van der Waals surface area contributed by atoms with E-state index in [4.69, 9.17) is 11.6 Å². The van der Waals surface area contributed by atoms with Gasteiger partial charge in [0.25, 0.3) is 0 Å². The molecule has 24 heavy (non-hydrogen) atoms. The molecule has 0 radical (unpaired) electrons. The van der Waals surface area contributed by atoms with Crippen LogP contribution in [0, 0.1) is 0 Å². The summed E-state index contributed by atoms with van der Waals surface area (Å²) in [5.74, 6) is 0.125. The van der Waals surface area contributed by atoms with Crippen LogP contribution in [-0.4, -0.2) is 42.4 Å². The molecule has 0 saturated carbocycles. The molecule has 148 valence electrons. The first-order chi connectivity index (χ1) is 11.6. The molecule has 0 rings (SSSR count). The van der Waals surface area contributed by atoms with Crippen molar-refractivity contribution in [1.29, 1.82) is 0 Å². The predicted molar refractivity (Wildman–Crippen MR) is 108 cm³/mol. The molecule has 0 amide bonds. The van der Waals surface area contributed by atoms with E-state index in [2.05, 4.69) is 12.2 Å². The molecule has 0 aliphatic rings. The largest absolute Gasteiger partial charge is 0.390 e. The molecule has 0 aromatic heterocycles. The highest BCUT2D eigenvalue weighted by Crippen LogP contribution is 2.14. The molecule has 2 atom stereocenters. The van der Waals surface area contributed by atoms with E-state index < -0.39 is 12.2 Å². The first-order valence-corrected chi connectivity index (χ1v) is 10.7. The van der Waals surface area contributed by atoms with Crippen LogP contribution >= 0.6 is 11.6 Å². The second kappa shape index (κ2) is 23.2. The van der Waals surface area contributed by atoms with Crippen molar-refractivity contribution in [3.05, 3.63) is 0 Å². The normalized spacial score (nSPS) is 13.2. The van der Waals surface area contributed by atoms with E-state index in [1.807, 2.05) is 14.1 Å². The van der Waals surface area contributed by atoms with Crippen LogP contribution in [0.5, 0.6) is 0 Å². The van der Waals surface area contributed by atoms with Gasteiger partial charge in [0.15, 0.2) is 0 Å². The SMILES string of the molecule is CCCCCCCCCCCCCCCC(O)C(O)CCl.CNC. The fourth-order valence-corrected chi connectivity index (χ4v) is 2.87. The lowest BCUT2D eigenvalue weighted by Crippen LogP contribution is -2.27. The number of alkyl halides is 1. The smallest absolute Gasteiger partial charge is 0.0933 e. The van der Waals surface area contributed by atoms with Crippen LogP contribution < -0.4 is 5.32 Å². The second-order valence-electron chi connectivity index (χ2n) is 6.82. The molecule has 3 N–H and O–H groups in total. The highest BCUT2D eigenvalue weighted by molar-refractivity contribution is 6.18. The predicted octanol–water partition coefficient (Wildman–Crippen LogP) is 5.26. The van der Waals surface area contributed by atoms with Gasteiger partial charge in [-0.2, -0.15) is 0 Å². The highest BCUT2D eigenvalue weighted by Gasteiger charge is 2.13. The Balaban J connectivity index is 0. The van der Waals surface area contributed by atoms with Crippen molar-refractivity contribution in [1.82, 2.24) is 5.32 Å². The molecule has 4 heteroatoms. The fraction of sp³-hybridized carbons (Fsp3) is 1.00. The van der Waals surface area contributed by atoms with Crippen molar-refractivity contribution < 1.29 is 10.2 Å². The van der Waals surface area contributed by atoms with Gasteiger partial charge in [-0.05, 0) is 20.5 Å². The number of hydrogen-bond acceptors (Lipinski definition) is 3. The zero-order valence-corrected chi connectivity index (χ0v) is 17.3. The van der Waals surface area contributed by atoms with Crippen LogP contribution in [0.15, 0.2) is 0 Å². The minimum atomic E-state index is -0.760. The Labute approximate surface area is 156 Å². The maximum absolute atomic E-state index is 9.56. The van der Waals surface area contributed by atoms with Gasteiger partial charge in [0, 0.05) is 0 Å². The van der Waals surface area contributed by atoms with Crippen molar-refractivity contribution >= 4 is 11.6 Å². The van der Waals surface area contributed by atoms with E-state index in [1.54, 1.807) is 0 Å². The first-order valence-electron chi connectivity index (χ1n) is 10.1. The molecule has 0 saturated heterocycles. The van der Waals surface area contributed by atoms with E-state index in [0.29, 0.717) is 6.42 Å². The molecule has 0 heterocycles. The van der Waals surface area contributed by atoms with E-state index in [-0.39, 0.29) is 5.88 Å². The minimum Gasteiger partial charge on any atom is -0.390 e.